The van der Waals surface area contributed by atoms with Crippen LogP contribution >= 0.6 is 11.8 Å². The van der Waals surface area contributed by atoms with Gasteiger partial charge in [0.1, 0.15) is 5.82 Å². The highest BCUT2D eigenvalue weighted by Gasteiger charge is 2.18. The van der Waals surface area contributed by atoms with Crippen LogP contribution in [0.1, 0.15) is 40.0 Å². The van der Waals surface area contributed by atoms with Crippen LogP contribution in [-0.2, 0) is 5.75 Å². The third-order valence-corrected chi connectivity index (χ3v) is 6.10. The zero-order chi connectivity index (χ0) is 20.8. The maximum atomic E-state index is 12.2. The van der Waals surface area contributed by atoms with Crippen molar-refractivity contribution in [1.82, 2.24) is 20.2 Å². The normalized spacial score (nSPS) is 13.9. The molecular weight excluding hydrogens is 382 g/mol. The average molecular weight is 414 g/mol. The number of aromatic nitrogens is 2. The minimum absolute atomic E-state index is 0.0289. The van der Waals surface area contributed by atoms with Crippen molar-refractivity contribution in [2.45, 2.75) is 37.6 Å². The molecule has 1 aliphatic heterocycles. The van der Waals surface area contributed by atoms with E-state index in [4.69, 9.17) is 4.98 Å². The van der Waals surface area contributed by atoms with Gasteiger partial charge in [-0.1, -0.05) is 23.9 Å². The molecule has 0 radical (unpaired) electrons. The molecule has 6 nitrogen and oxygen atoms in total. The fraction of sp³-hybridized carbons (Fsp3) is 0.500. The molecule has 0 spiro atoms. The lowest BCUT2D eigenvalue weighted by molar-refractivity contribution is 0.0951. The van der Waals surface area contributed by atoms with Gasteiger partial charge >= 0.3 is 0 Å². The number of nitrogens with one attached hydrogen (secondary N) is 1. The Bertz CT molecular complexity index is 832. The number of aryl methyl sites for hydroxylation is 1. The summed E-state index contributed by atoms with van der Waals surface area (Å²) in [5.74, 6) is 1.84. The van der Waals surface area contributed by atoms with Crippen molar-refractivity contribution in [1.29, 1.82) is 0 Å². The number of likely N-dealkylation sites (N-methyl/N-ethyl adjacent to an activating group) is 1. The number of nitrogens with zero attached hydrogens (tertiary/aromatic N) is 4. The van der Waals surface area contributed by atoms with Crippen LogP contribution in [0.2, 0.25) is 0 Å². The van der Waals surface area contributed by atoms with Gasteiger partial charge in [0, 0.05) is 48.8 Å². The topological polar surface area (TPSA) is 61.4 Å². The highest BCUT2D eigenvalue weighted by molar-refractivity contribution is 7.98. The summed E-state index contributed by atoms with van der Waals surface area (Å²) < 4.78 is 0. The first-order valence-electron chi connectivity index (χ1n) is 10.2. The van der Waals surface area contributed by atoms with Crippen LogP contribution in [0.3, 0.4) is 0 Å². The van der Waals surface area contributed by atoms with E-state index in [0.29, 0.717) is 12.1 Å². The first-order chi connectivity index (χ1) is 13.9. The van der Waals surface area contributed by atoms with E-state index in [1.54, 1.807) is 11.8 Å². The minimum Gasteiger partial charge on any atom is -0.356 e. The monoisotopic (exact) mass is 413 g/mol. The summed E-state index contributed by atoms with van der Waals surface area (Å²) >= 11 is 1.65. The molecule has 29 heavy (non-hydrogen) atoms. The third-order valence-electron chi connectivity index (χ3n) is 5.18. The van der Waals surface area contributed by atoms with Crippen LogP contribution < -0.4 is 10.2 Å². The Kier molecular flexibility index (Phi) is 7.50. The fourth-order valence-corrected chi connectivity index (χ4v) is 4.13. The van der Waals surface area contributed by atoms with Crippen molar-refractivity contribution < 1.29 is 4.79 Å². The Morgan fingerprint density at radius 3 is 2.48 bits per heavy atom. The summed E-state index contributed by atoms with van der Waals surface area (Å²) in [6.45, 7) is 7.81. The number of anilines is 1. The molecule has 0 atom stereocenters. The van der Waals surface area contributed by atoms with Crippen LogP contribution in [-0.4, -0.2) is 61.0 Å². The van der Waals surface area contributed by atoms with Gasteiger partial charge in [0.05, 0.1) is 0 Å². The maximum Gasteiger partial charge on any atom is 0.251 e. The Morgan fingerprint density at radius 2 is 1.83 bits per heavy atom. The van der Waals surface area contributed by atoms with Crippen molar-refractivity contribution in [3.05, 3.63) is 46.6 Å². The number of hydrogen-bond acceptors (Lipinski definition) is 6. The van der Waals surface area contributed by atoms with Crippen molar-refractivity contribution in [3.8, 4) is 0 Å². The van der Waals surface area contributed by atoms with Gasteiger partial charge in [0.2, 0.25) is 0 Å². The van der Waals surface area contributed by atoms with E-state index in [1.807, 2.05) is 43.3 Å². The van der Waals surface area contributed by atoms with Crippen molar-refractivity contribution in [3.63, 3.8) is 0 Å². The lowest BCUT2D eigenvalue weighted by Gasteiger charge is -2.20. The second-order valence-corrected chi connectivity index (χ2v) is 8.72. The fourth-order valence-electron chi connectivity index (χ4n) is 3.29. The largest absolute Gasteiger partial charge is 0.356 e. The van der Waals surface area contributed by atoms with Gasteiger partial charge in [-0.25, -0.2) is 9.97 Å². The molecule has 3 rings (SSSR count). The molecule has 2 heterocycles. The van der Waals surface area contributed by atoms with Gasteiger partial charge < -0.3 is 15.1 Å². The number of thioether (sulfide) groups is 1. The highest BCUT2D eigenvalue weighted by atomic mass is 32.2. The molecule has 0 bridgehead atoms. The zero-order valence-corrected chi connectivity index (χ0v) is 18.7. The zero-order valence-electron chi connectivity index (χ0n) is 17.9. The SMILES string of the molecule is Cc1nc(SCc2ccc(C(=O)NCCN(C)C)cc2)nc(N2CCCC2)c1C. The van der Waals surface area contributed by atoms with E-state index >= 15 is 0 Å². The quantitative estimate of drug-likeness (QED) is 0.529. The molecule has 0 aliphatic carbocycles. The van der Waals surface area contributed by atoms with E-state index in [9.17, 15) is 4.79 Å². The standard InChI is InChI=1S/C22H31N5OS/c1-16-17(2)24-22(25-20(16)27-12-5-6-13-27)29-15-18-7-9-19(10-8-18)21(28)23-11-14-26(3)4/h7-10H,5-6,11-15H2,1-4H3,(H,23,28). The van der Waals surface area contributed by atoms with E-state index in [0.717, 1.165) is 47.6 Å². The summed E-state index contributed by atoms with van der Waals surface area (Å²) in [6.07, 6.45) is 2.47. The summed E-state index contributed by atoms with van der Waals surface area (Å²) in [6, 6.07) is 7.79. The van der Waals surface area contributed by atoms with Crippen LogP contribution in [0.5, 0.6) is 0 Å². The van der Waals surface area contributed by atoms with E-state index in [2.05, 4.69) is 29.0 Å². The van der Waals surface area contributed by atoms with Crippen molar-refractivity contribution in [2.75, 3.05) is 45.2 Å². The first kappa shape index (κ1) is 21.6. The third kappa shape index (κ3) is 5.93. The van der Waals surface area contributed by atoms with Gasteiger partial charge in [-0.2, -0.15) is 0 Å². The first-order valence-corrected chi connectivity index (χ1v) is 11.2. The van der Waals surface area contributed by atoms with Crippen molar-refractivity contribution in [2.24, 2.45) is 0 Å². The van der Waals surface area contributed by atoms with Crippen LogP contribution in [0.25, 0.3) is 0 Å². The number of benzene rings is 1. The summed E-state index contributed by atoms with van der Waals surface area (Å²) in [7, 11) is 3.98. The molecule has 1 aromatic heterocycles. The Labute approximate surface area is 178 Å². The van der Waals surface area contributed by atoms with Gasteiger partial charge in [0.25, 0.3) is 5.91 Å². The lowest BCUT2D eigenvalue weighted by atomic mass is 10.1. The molecule has 1 fully saturated rings. The average Bonchev–Trinajstić information content (AvgIpc) is 3.23. The summed E-state index contributed by atoms with van der Waals surface area (Å²) in [5, 5.41) is 3.76. The molecule has 2 aromatic rings. The molecule has 0 unspecified atom stereocenters. The Morgan fingerprint density at radius 1 is 1.14 bits per heavy atom. The van der Waals surface area contributed by atoms with E-state index in [1.165, 1.54) is 18.4 Å². The molecule has 1 aliphatic rings. The van der Waals surface area contributed by atoms with Gasteiger partial charge in [-0.3, -0.25) is 4.79 Å². The lowest BCUT2D eigenvalue weighted by Crippen LogP contribution is -2.31. The molecule has 156 valence electrons. The summed E-state index contributed by atoms with van der Waals surface area (Å²) in [5.41, 5.74) is 4.08. The van der Waals surface area contributed by atoms with E-state index in [-0.39, 0.29) is 5.91 Å². The molecule has 0 saturated carbocycles. The molecule has 1 amide bonds. The predicted molar refractivity (Wildman–Crippen MR) is 120 cm³/mol. The Hall–Kier alpha value is -2.12. The molecule has 1 aromatic carbocycles. The number of rotatable bonds is 8. The second-order valence-electron chi connectivity index (χ2n) is 7.78. The van der Waals surface area contributed by atoms with Crippen LogP contribution in [0.15, 0.2) is 29.4 Å². The molecule has 1 N–H and O–H groups in total. The van der Waals surface area contributed by atoms with Gasteiger partial charge in [-0.05, 0) is 58.5 Å². The highest BCUT2D eigenvalue weighted by Crippen LogP contribution is 2.28. The predicted octanol–water partition coefficient (Wildman–Crippen LogP) is 3.28. The minimum atomic E-state index is -0.0289. The van der Waals surface area contributed by atoms with Crippen molar-refractivity contribution >= 4 is 23.5 Å². The van der Waals surface area contributed by atoms with Gasteiger partial charge in [-0.15, -0.1) is 0 Å². The maximum absolute atomic E-state index is 12.2. The number of carbonyl (C=O) groups excluding carboxylic acids is 1. The number of hydrogen-bond donors (Lipinski definition) is 1. The Balaban J connectivity index is 1.59. The van der Waals surface area contributed by atoms with E-state index < -0.39 is 0 Å². The molecular formula is C22H31N5OS. The number of carbonyl (C=O) groups is 1. The second kappa shape index (κ2) is 10.1. The number of amides is 1. The van der Waals surface area contributed by atoms with Crippen LogP contribution in [0.4, 0.5) is 5.82 Å². The summed E-state index contributed by atoms with van der Waals surface area (Å²) in [4.78, 5) is 26.1. The van der Waals surface area contributed by atoms with Crippen LogP contribution in [0, 0.1) is 13.8 Å². The molecule has 7 heteroatoms. The van der Waals surface area contributed by atoms with Gasteiger partial charge in [0.15, 0.2) is 5.16 Å². The smallest absolute Gasteiger partial charge is 0.251 e. The molecule has 1 saturated heterocycles.